The molecule has 9 rings (SSSR count). The third-order valence-electron chi connectivity index (χ3n) is 8.22. The van der Waals surface area contributed by atoms with Crippen molar-refractivity contribution in [3.8, 4) is 22.3 Å². The Balaban J connectivity index is 1.62. The van der Waals surface area contributed by atoms with Crippen LogP contribution in [0, 0.1) is 0 Å². The fourth-order valence-corrected chi connectivity index (χ4v) is 6.65. The number of hydrogen-bond donors (Lipinski definition) is 0. The van der Waals surface area contributed by atoms with Gasteiger partial charge in [0.05, 0.1) is 33.1 Å². The lowest BCUT2D eigenvalue weighted by Crippen LogP contribution is -1.98. The molecular formula is C36H22N2. The molecule has 0 atom stereocenters. The number of para-hydroxylation sites is 2. The largest absolute Gasteiger partial charge is 0.305 e. The number of hydrogen-bond acceptors (Lipinski definition) is 0. The second-order valence-corrected chi connectivity index (χ2v) is 10.2. The van der Waals surface area contributed by atoms with Crippen LogP contribution in [-0.4, -0.2) is 8.80 Å². The minimum atomic E-state index is 1.22. The second-order valence-electron chi connectivity index (χ2n) is 10.2. The first kappa shape index (κ1) is 20.0. The molecule has 0 radical (unpaired) electrons. The van der Waals surface area contributed by atoms with E-state index in [1.807, 2.05) is 0 Å². The highest BCUT2D eigenvalue weighted by Crippen LogP contribution is 2.46. The molecule has 0 saturated carbocycles. The van der Waals surface area contributed by atoms with Gasteiger partial charge < -0.3 is 8.80 Å². The van der Waals surface area contributed by atoms with Crippen LogP contribution in [0.15, 0.2) is 133 Å². The summed E-state index contributed by atoms with van der Waals surface area (Å²) in [6.07, 6.45) is 0. The van der Waals surface area contributed by atoms with E-state index in [9.17, 15) is 0 Å². The molecular weight excluding hydrogens is 460 g/mol. The molecule has 176 valence electrons. The van der Waals surface area contributed by atoms with E-state index in [0.29, 0.717) is 0 Å². The smallest absolute Gasteiger partial charge is 0.0795 e. The van der Waals surface area contributed by atoms with Crippen LogP contribution in [0.25, 0.3) is 76.9 Å². The quantitative estimate of drug-likeness (QED) is 0.217. The first-order valence-electron chi connectivity index (χ1n) is 13.1. The van der Waals surface area contributed by atoms with Crippen molar-refractivity contribution in [3.05, 3.63) is 133 Å². The Morgan fingerprint density at radius 3 is 1.71 bits per heavy atom. The molecule has 0 aliphatic heterocycles. The third-order valence-corrected chi connectivity index (χ3v) is 8.22. The van der Waals surface area contributed by atoms with Gasteiger partial charge in [0.25, 0.3) is 0 Å². The van der Waals surface area contributed by atoms with Crippen molar-refractivity contribution in [2.24, 2.45) is 0 Å². The van der Waals surface area contributed by atoms with Crippen molar-refractivity contribution >= 4 is 54.6 Å². The van der Waals surface area contributed by atoms with Crippen LogP contribution < -0.4 is 0 Å². The molecule has 0 bridgehead atoms. The van der Waals surface area contributed by atoms with Crippen molar-refractivity contribution in [2.45, 2.75) is 0 Å². The maximum atomic E-state index is 2.51. The van der Waals surface area contributed by atoms with Crippen LogP contribution in [0.4, 0.5) is 0 Å². The zero-order valence-corrected chi connectivity index (χ0v) is 20.6. The molecule has 0 amide bonds. The average Bonchev–Trinajstić information content (AvgIpc) is 3.51. The Hall–Kier alpha value is -5.08. The molecule has 0 fully saturated rings. The summed E-state index contributed by atoms with van der Waals surface area (Å²) in [7, 11) is 0. The van der Waals surface area contributed by atoms with Gasteiger partial charge in [-0.05, 0) is 52.6 Å². The minimum absolute atomic E-state index is 1.22. The topological polar surface area (TPSA) is 8.82 Å². The average molecular weight is 483 g/mol. The molecule has 38 heavy (non-hydrogen) atoms. The summed E-state index contributed by atoms with van der Waals surface area (Å²) in [6, 6.07) is 48.6. The van der Waals surface area contributed by atoms with Gasteiger partial charge in [-0.2, -0.15) is 0 Å². The number of benzene rings is 6. The predicted octanol–water partition coefficient (Wildman–Crippen LogP) is 9.58. The Kier molecular flexibility index (Phi) is 3.82. The SMILES string of the molecule is c1ccc(-c2ccc3c(c2)n2c4ccccc4c4c(-c5ccccc5)cc5c6ccccc6n3c5c42)cc1. The number of fused-ring (bicyclic) bond motifs is 9. The van der Waals surface area contributed by atoms with Gasteiger partial charge in [0.1, 0.15) is 0 Å². The van der Waals surface area contributed by atoms with Crippen molar-refractivity contribution in [1.29, 1.82) is 0 Å². The zero-order chi connectivity index (χ0) is 24.8. The number of rotatable bonds is 2. The molecule has 0 saturated heterocycles. The Morgan fingerprint density at radius 1 is 0.342 bits per heavy atom. The lowest BCUT2D eigenvalue weighted by atomic mass is 9.96. The van der Waals surface area contributed by atoms with E-state index >= 15 is 0 Å². The standard InChI is InChI=1S/C36H22N2/c1-3-11-23(12-4-1)25-19-20-32-33(21-25)38-31-18-10-8-16-27(31)34-28(24-13-5-2-6-14-24)22-29-26-15-7-9-17-30(26)37(32)35(29)36(34)38/h1-22H. The van der Waals surface area contributed by atoms with Gasteiger partial charge >= 0.3 is 0 Å². The molecule has 0 unspecified atom stereocenters. The Bertz CT molecular complexity index is 2320. The van der Waals surface area contributed by atoms with Gasteiger partial charge in [0.2, 0.25) is 0 Å². The van der Waals surface area contributed by atoms with E-state index in [1.165, 1.54) is 76.9 Å². The van der Waals surface area contributed by atoms with Gasteiger partial charge in [-0.1, -0.05) is 103 Å². The van der Waals surface area contributed by atoms with E-state index in [1.54, 1.807) is 0 Å². The molecule has 0 spiro atoms. The van der Waals surface area contributed by atoms with Gasteiger partial charge in [-0.3, -0.25) is 0 Å². The summed E-state index contributed by atoms with van der Waals surface area (Å²) in [5.74, 6) is 0. The predicted molar refractivity (Wildman–Crippen MR) is 160 cm³/mol. The Labute approximate surface area is 218 Å². The molecule has 0 N–H and O–H groups in total. The van der Waals surface area contributed by atoms with E-state index < -0.39 is 0 Å². The van der Waals surface area contributed by atoms with Crippen LogP contribution >= 0.6 is 0 Å². The summed E-state index contributed by atoms with van der Waals surface area (Å²) < 4.78 is 5.00. The highest BCUT2D eigenvalue weighted by atomic mass is 15.0. The normalized spacial score (nSPS) is 12.2. The first-order valence-corrected chi connectivity index (χ1v) is 13.1. The van der Waals surface area contributed by atoms with E-state index in [-0.39, 0.29) is 0 Å². The van der Waals surface area contributed by atoms with E-state index in [2.05, 4.69) is 142 Å². The van der Waals surface area contributed by atoms with Crippen LogP contribution in [0.3, 0.4) is 0 Å². The maximum Gasteiger partial charge on any atom is 0.0795 e. The first-order chi connectivity index (χ1) is 18.9. The Morgan fingerprint density at radius 2 is 0.947 bits per heavy atom. The van der Waals surface area contributed by atoms with Gasteiger partial charge in [0, 0.05) is 21.5 Å². The summed E-state index contributed by atoms with van der Waals surface area (Å²) in [5.41, 5.74) is 12.5. The summed E-state index contributed by atoms with van der Waals surface area (Å²) >= 11 is 0. The lowest BCUT2D eigenvalue weighted by molar-refractivity contribution is 1.26. The third kappa shape index (κ3) is 2.47. The highest BCUT2D eigenvalue weighted by molar-refractivity contribution is 6.29. The van der Waals surface area contributed by atoms with Crippen molar-refractivity contribution in [1.82, 2.24) is 8.80 Å². The monoisotopic (exact) mass is 482 g/mol. The molecule has 0 aliphatic carbocycles. The molecule has 0 aliphatic rings. The van der Waals surface area contributed by atoms with Crippen LogP contribution in [0.2, 0.25) is 0 Å². The fourth-order valence-electron chi connectivity index (χ4n) is 6.65. The van der Waals surface area contributed by atoms with Crippen molar-refractivity contribution in [3.63, 3.8) is 0 Å². The molecule has 9 aromatic rings. The van der Waals surface area contributed by atoms with Gasteiger partial charge in [-0.25, -0.2) is 0 Å². The van der Waals surface area contributed by atoms with Crippen molar-refractivity contribution in [2.75, 3.05) is 0 Å². The molecule has 3 heterocycles. The summed E-state index contributed by atoms with van der Waals surface area (Å²) in [4.78, 5) is 0. The highest BCUT2D eigenvalue weighted by Gasteiger charge is 2.24. The lowest BCUT2D eigenvalue weighted by Gasteiger charge is -2.14. The fraction of sp³-hybridized carbons (Fsp3) is 0. The summed E-state index contributed by atoms with van der Waals surface area (Å²) in [6.45, 7) is 0. The van der Waals surface area contributed by atoms with Crippen LogP contribution in [0.1, 0.15) is 0 Å². The zero-order valence-electron chi connectivity index (χ0n) is 20.6. The molecule has 2 nitrogen and oxygen atoms in total. The summed E-state index contributed by atoms with van der Waals surface area (Å²) in [5, 5.41) is 5.20. The number of nitrogens with zero attached hydrogens (tertiary/aromatic N) is 2. The van der Waals surface area contributed by atoms with E-state index in [4.69, 9.17) is 0 Å². The second kappa shape index (κ2) is 7.24. The van der Waals surface area contributed by atoms with Gasteiger partial charge in [-0.15, -0.1) is 0 Å². The van der Waals surface area contributed by atoms with Gasteiger partial charge in [0.15, 0.2) is 0 Å². The van der Waals surface area contributed by atoms with Crippen LogP contribution in [-0.2, 0) is 0 Å². The molecule has 6 aromatic carbocycles. The van der Waals surface area contributed by atoms with Crippen molar-refractivity contribution < 1.29 is 0 Å². The molecule has 2 heteroatoms. The minimum Gasteiger partial charge on any atom is -0.305 e. The number of aromatic nitrogens is 2. The maximum absolute atomic E-state index is 2.51. The van der Waals surface area contributed by atoms with E-state index in [0.717, 1.165) is 0 Å². The van der Waals surface area contributed by atoms with Crippen LogP contribution in [0.5, 0.6) is 0 Å². The molecule has 3 aromatic heterocycles.